The maximum Gasteiger partial charge on any atom is 0.0644 e. The number of nitrogens with zero attached hydrogens (tertiary/aromatic N) is 9. The minimum absolute atomic E-state index is 0.382. The maximum absolute atomic E-state index is 9.47. The third-order valence-electron chi connectivity index (χ3n) is 10.7. The number of aliphatic hydroxyl groups is 1. The van der Waals surface area contributed by atoms with Gasteiger partial charge in [-0.3, -0.25) is 0 Å². The summed E-state index contributed by atoms with van der Waals surface area (Å²) in [5.74, 6) is 0. The molecule has 0 atom stereocenters. The number of piperazine rings is 3. The lowest BCUT2D eigenvalue weighted by Crippen LogP contribution is -2.44. The van der Waals surface area contributed by atoms with E-state index in [1.807, 2.05) is 21.0 Å². The van der Waals surface area contributed by atoms with Crippen LogP contribution >= 0.6 is 0 Å². The molecule has 0 aliphatic carbocycles. The lowest BCUT2D eigenvalue weighted by Gasteiger charge is -2.33. The van der Waals surface area contributed by atoms with Gasteiger partial charge in [-0.05, 0) is 136 Å². The molecule has 5 rings (SSSR count). The summed E-state index contributed by atoms with van der Waals surface area (Å²) < 4.78 is 4.81. The van der Waals surface area contributed by atoms with E-state index in [0.29, 0.717) is 0 Å². The number of rotatable bonds is 6. The van der Waals surface area contributed by atoms with Gasteiger partial charge in [0.25, 0.3) is 0 Å². The van der Waals surface area contributed by atoms with Crippen LogP contribution in [0.2, 0.25) is 0 Å². The average molecular weight is 776 g/mol. The molecule has 0 spiro atoms. The number of likely N-dealkylation sites (tertiary alicyclic amines) is 2. The SMILES string of the molecule is CCN(C)C.CCN1CCN(C)CC1.CN1CCC(C)(O)CC1.CN1CCN(C)CC1.CN1CCNCC1.CNC1CCN(C)CC1.COCCN(C)C. The Bertz CT molecular complexity index is 724. The maximum atomic E-state index is 9.47. The van der Waals surface area contributed by atoms with Gasteiger partial charge >= 0.3 is 0 Å². The number of piperidine rings is 2. The summed E-state index contributed by atoms with van der Waals surface area (Å²) in [6.45, 7) is 29.7. The van der Waals surface area contributed by atoms with Crippen molar-refractivity contribution >= 4 is 0 Å². The molecule has 5 aliphatic rings. The fourth-order valence-corrected chi connectivity index (χ4v) is 5.52. The molecular weight excluding hydrogens is 679 g/mol. The molecule has 5 saturated heterocycles. The van der Waals surface area contributed by atoms with E-state index >= 15 is 0 Å². The van der Waals surface area contributed by atoms with Crippen LogP contribution in [0.1, 0.15) is 46.5 Å². The zero-order valence-corrected chi connectivity index (χ0v) is 38.9. The van der Waals surface area contributed by atoms with Gasteiger partial charge in [-0.2, -0.15) is 0 Å². The predicted molar refractivity (Wildman–Crippen MR) is 237 cm³/mol. The Morgan fingerprint density at radius 3 is 1.28 bits per heavy atom. The number of nitrogens with one attached hydrogen (secondary N) is 2. The molecule has 0 aromatic heterocycles. The molecule has 13 nitrogen and oxygen atoms in total. The smallest absolute Gasteiger partial charge is 0.0644 e. The number of ether oxygens (including phenoxy) is 1. The third-order valence-corrected chi connectivity index (χ3v) is 10.7. The second kappa shape index (κ2) is 35.6. The monoisotopic (exact) mass is 776 g/mol. The van der Waals surface area contributed by atoms with Crippen molar-refractivity contribution in [2.75, 3.05) is 216 Å². The predicted octanol–water partition coefficient (Wildman–Crippen LogP) is 1.16. The van der Waals surface area contributed by atoms with Crippen LogP contribution in [-0.2, 0) is 4.74 Å². The van der Waals surface area contributed by atoms with Gasteiger partial charge in [-0.1, -0.05) is 13.8 Å². The van der Waals surface area contributed by atoms with Crippen LogP contribution in [0.25, 0.3) is 0 Å². The van der Waals surface area contributed by atoms with E-state index < -0.39 is 0 Å². The highest BCUT2D eigenvalue weighted by atomic mass is 16.5. The Balaban J connectivity index is 0. The van der Waals surface area contributed by atoms with Crippen molar-refractivity contribution in [3.63, 3.8) is 0 Å². The number of hydrogen-bond donors (Lipinski definition) is 3. The highest BCUT2D eigenvalue weighted by Gasteiger charge is 2.25. The van der Waals surface area contributed by atoms with E-state index in [1.54, 1.807) is 7.11 Å². The summed E-state index contributed by atoms with van der Waals surface area (Å²) in [6, 6.07) is 0.779. The fraction of sp³-hybridized carbons (Fsp3) is 1.00. The molecule has 328 valence electrons. The van der Waals surface area contributed by atoms with Crippen molar-refractivity contribution in [3.8, 4) is 0 Å². The molecule has 0 unspecified atom stereocenters. The van der Waals surface area contributed by atoms with Gasteiger partial charge in [-0.15, -0.1) is 0 Å². The molecule has 0 aromatic carbocycles. The topological polar surface area (TPSA) is 82.7 Å². The number of methoxy groups -OCH3 is 1. The molecule has 3 N–H and O–H groups in total. The third kappa shape index (κ3) is 37.1. The standard InChI is InChI=1S/2C7H16N2.C7H15NO.C6H14N2.C5H12N2.C5H13NO.C4H11N/c1-8-7-3-5-9(2)6-4-7;1-3-9-6-4-8(2)5-7-9;1-7(9)3-5-8(2)6-4-7;1-7-3-5-8(2)6-4-7;1-7-4-2-6-3-5-7;1-6(2)4-5-7-3;1-4-5(2)3/h7-8H,3-6H2,1-2H3;3-7H2,1-2H3;9H,3-6H2,1-2H3;3-6H2,1-2H3;6H,2-5H2,1H3;4-5H2,1-3H3;4H2,1-3H3. The molecule has 0 amide bonds. The Morgan fingerprint density at radius 2 is 1.00 bits per heavy atom. The Kier molecular flexibility index (Phi) is 36.7. The Hall–Kier alpha value is -0.520. The quantitative estimate of drug-likeness (QED) is 0.362. The largest absolute Gasteiger partial charge is 0.390 e. The minimum Gasteiger partial charge on any atom is -0.390 e. The van der Waals surface area contributed by atoms with Crippen LogP contribution < -0.4 is 10.6 Å². The van der Waals surface area contributed by atoms with Crippen molar-refractivity contribution in [1.82, 2.24) is 54.7 Å². The number of hydrogen-bond acceptors (Lipinski definition) is 13. The van der Waals surface area contributed by atoms with Crippen LogP contribution in [0.5, 0.6) is 0 Å². The first-order valence-corrected chi connectivity index (χ1v) is 21.2. The van der Waals surface area contributed by atoms with Gasteiger partial charge in [0.2, 0.25) is 0 Å². The van der Waals surface area contributed by atoms with Crippen LogP contribution in [0.15, 0.2) is 0 Å². The summed E-state index contributed by atoms with van der Waals surface area (Å²) >= 11 is 0. The molecule has 5 aliphatic heterocycles. The second-order valence-corrected chi connectivity index (χ2v) is 16.8. The molecule has 0 saturated carbocycles. The zero-order valence-electron chi connectivity index (χ0n) is 38.9. The van der Waals surface area contributed by atoms with E-state index in [-0.39, 0.29) is 5.60 Å². The molecule has 13 heteroatoms. The Labute approximate surface area is 337 Å². The zero-order chi connectivity index (χ0) is 41.4. The molecule has 0 aromatic rings. The van der Waals surface area contributed by atoms with Crippen molar-refractivity contribution in [1.29, 1.82) is 0 Å². The van der Waals surface area contributed by atoms with Crippen molar-refractivity contribution in [2.45, 2.75) is 58.1 Å². The van der Waals surface area contributed by atoms with Gasteiger partial charge < -0.3 is 64.6 Å². The van der Waals surface area contributed by atoms with E-state index in [9.17, 15) is 5.11 Å². The molecule has 5 heterocycles. The highest BCUT2D eigenvalue weighted by Crippen LogP contribution is 2.19. The van der Waals surface area contributed by atoms with Gasteiger partial charge in [0.1, 0.15) is 0 Å². The van der Waals surface area contributed by atoms with Gasteiger partial charge in [-0.25, -0.2) is 0 Å². The molecule has 0 radical (unpaired) electrons. The summed E-state index contributed by atoms with van der Waals surface area (Å²) in [4.78, 5) is 20.8. The first kappa shape index (κ1) is 55.6. The average Bonchev–Trinajstić information content (AvgIpc) is 3.16. The molecule has 5 fully saturated rings. The van der Waals surface area contributed by atoms with Crippen molar-refractivity contribution < 1.29 is 9.84 Å². The van der Waals surface area contributed by atoms with Crippen LogP contribution in [0.3, 0.4) is 0 Å². The van der Waals surface area contributed by atoms with E-state index in [0.717, 1.165) is 64.8 Å². The van der Waals surface area contributed by atoms with Gasteiger partial charge in [0.05, 0.1) is 12.2 Å². The van der Waals surface area contributed by atoms with Crippen LogP contribution in [-0.4, -0.2) is 276 Å². The fourth-order valence-electron chi connectivity index (χ4n) is 5.52. The minimum atomic E-state index is -0.382. The first-order valence-electron chi connectivity index (χ1n) is 21.2. The van der Waals surface area contributed by atoms with Gasteiger partial charge in [0, 0.05) is 111 Å². The summed E-state index contributed by atoms with van der Waals surface area (Å²) in [6.07, 6.45) is 4.47. The summed E-state index contributed by atoms with van der Waals surface area (Å²) in [5, 5.41) is 16.0. The van der Waals surface area contributed by atoms with E-state index in [2.05, 4.69) is 132 Å². The van der Waals surface area contributed by atoms with Crippen LogP contribution in [0, 0.1) is 0 Å². The van der Waals surface area contributed by atoms with E-state index in [1.165, 1.54) is 97.9 Å². The molecule has 54 heavy (non-hydrogen) atoms. The lowest BCUT2D eigenvalue weighted by atomic mass is 9.94. The van der Waals surface area contributed by atoms with Crippen LogP contribution in [0.4, 0.5) is 0 Å². The van der Waals surface area contributed by atoms with E-state index in [4.69, 9.17) is 4.74 Å². The molecule has 0 bridgehead atoms. The van der Waals surface area contributed by atoms with Crippen molar-refractivity contribution in [2.24, 2.45) is 0 Å². The lowest BCUT2D eigenvalue weighted by molar-refractivity contribution is 0.000996. The normalized spacial score (nSPS) is 22.3. The highest BCUT2D eigenvalue weighted by molar-refractivity contribution is 4.79. The molecular formula is C41H97N11O2. The first-order chi connectivity index (χ1) is 25.5. The second-order valence-electron chi connectivity index (χ2n) is 16.8. The Morgan fingerprint density at radius 1 is 0.630 bits per heavy atom. The summed E-state index contributed by atoms with van der Waals surface area (Å²) in [7, 11) is 24.9. The van der Waals surface area contributed by atoms with Crippen molar-refractivity contribution in [3.05, 3.63) is 0 Å². The van der Waals surface area contributed by atoms with Gasteiger partial charge in [0.15, 0.2) is 0 Å². The summed E-state index contributed by atoms with van der Waals surface area (Å²) in [5.41, 5.74) is -0.382. The number of likely N-dealkylation sites (N-methyl/N-ethyl adjacent to an activating group) is 6.